The summed E-state index contributed by atoms with van der Waals surface area (Å²) in [5, 5.41) is 0. The number of rotatable bonds is 1. The molecule has 3 rings (SSSR count). The Kier molecular flexibility index (Phi) is 2.54. The van der Waals surface area contributed by atoms with E-state index in [1.165, 1.54) is 43.5 Å². The van der Waals surface area contributed by atoms with Gasteiger partial charge in [-0.3, -0.25) is 0 Å². The maximum Gasteiger partial charge on any atom is 0.0954 e. The quantitative estimate of drug-likeness (QED) is 0.809. The van der Waals surface area contributed by atoms with E-state index in [1.54, 1.807) is 0 Å². The summed E-state index contributed by atoms with van der Waals surface area (Å²) in [5.41, 5.74) is 9.50. The lowest BCUT2D eigenvalue weighted by molar-refractivity contribution is 0.297. The van der Waals surface area contributed by atoms with Gasteiger partial charge < -0.3 is 10.3 Å². The largest absolute Gasteiger partial charge is 0.330 e. The molecule has 1 heterocycles. The minimum atomic E-state index is 0.266. The highest BCUT2D eigenvalue weighted by Gasteiger charge is 2.41. The minimum absolute atomic E-state index is 0.266. The van der Waals surface area contributed by atoms with E-state index in [-0.39, 0.29) is 11.5 Å². The van der Waals surface area contributed by atoms with Crippen LogP contribution in [0.4, 0.5) is 0 Å². The van der Waals surface area contributed by atoms with Gasteiger partial charge in [0.25, 0.3) is 0 Å². The van der Waals surface area contributed by atoms with Gasteiger partial charge in [0.1, 0.15) is 0 Å². The van der Waals surface area contributed by atoms with Crippen molar-refractivity contribution >= 4 is 0 Å². The molecule has 1 fully saturated rings. The zero-order valence-electron chi connectivity index (χ0n) is 10.9. The highest BCUT2D eigenvalue weighted by atomic mass is 15.1. The SMILES string of the molecule is CC1(C)CCC(n2cnc3c2CCCC3)C1N. The molecule has 0 bridgehead atoms. The Bertz CT molecular complexity index is 419. The molecule has 0 radical (unpaired) electrons. The third-order valence-corrected chi connectivity index (χ3v) is 4.82. The lowest BCUT2D eigenvalue weighted by Gasteiger charge is -2.28. The van der Waals surface area contributed by atoms with Gasteiger partial charge >= 0.3 is 0 Å². The van der Waals surface area contributed by atoms with Crippen molar-refractivity contribution in [3.8, 4) is 0 Å². The molecule has 2 atom stereocenters. The van der Waals surface area contributed by atoms with Crippen molar-refractivity contribution in [1.82, 2.24) is 9.55 Å². The van der Waals surface area contributed by atoms with E-state index < -0.39 is 0 Å². The molecule has 17 heavy (non-hydrogen) atoms. The van der Waals surface area contributed by atoms with Crippen LogP contribution < -0.4 is 5.73 Å². The smallest absolute Gasteiger partial charge is 0.0954 e. The Hall–Kier alpha value is -0.830. The van der Waals surface area contributed by atoms with Gasteiger partial charge in [0, 0.05) is 11.7 Å². The van der Waals surface area contributed by atoms with Crippen LogP contribution in [0.1, 0.15) is 57.0 Å². The van der Waals surface area contributed by atoms with E-state index >= 15 is 0 Å². The monoisotopic (exact) mass is 233 g/mol. The van der Waals surface area contributed by atoms with Crippen LogP contribution in [0.2, 0.25) is 0 Å². The summed E-state index contributed by atoms with van der Waals surface area (Å²) in [4.78, 5) is 4.59. The Morgan fingerprint density at radius 2 is 2.12 bits per heavy atom. The third-order valence-electron chi connectivity index (χ3n) is 4.82. The van der Waals surface area contributed by atoms with Crippen LogP contribution in [0, 0.1) is 5.41 Å². The van der Waals surface area contributed by atoms with Gasteiger partial charge in [-0.15, -0.1) is 0 Å². The van der Waals surface area contributed by atoms with Gasteiger partial charge in [-0.05, 0) is 43.9 Å². The molecule has 3 nitrogen and oxygen atoms in total. The highest BCUT2D eigenvalue weighted by Crippen LogP contribution is 2.43. The maximum absolute atomic E-state index is 6.43. The number of nitrogens with two attached hydrogens (primary N) is 1. The summed E-state index contributed by atoms with van der Waals surface area (Å²) in [6, 6.07) is 0.738. The van der Waals surface area contributed by atoms with Crippen LogP contribution in [0.15, 0.2) is 6.33 Å². The van der Waals surface area contributed by atoms with E-state index in [4.69, 9.17) is 5.73 Å². The fourth-order valence-corrected chi connectivity index (χ4v) is 3.48. The van der Waals surface area contributed by atoms with Gasteiger partial charge in [-0.1, -0.05) is 13.8 Å². The second-order valence-electron chi connectivity index (χ2n) is 6.37. The van der Waals surface area contributed by atoms with Crippen LogP contribution in [0.3, 0.4) is 0 Å². The number of aromatic nitrogens is 2. The standard InChI is InChI=1S/C14H23N3/c1-14(2)8-7-12(13(14)15)17-9-16-10-5-3-4-6-11(10)17/h9,12-13H,3-8,15H2,1-2H3. The lowest BCUT2D eigenvalue weighted by atomic mass is 9.87. The second-order valence-corrected chi connectivity index (χ2v) is 6.37. The molecule has 0 saturated heterocycles. The number of hydrogen-bond acceptors (Lipinski definition) is 2. The number of nitrogens with zero attached hydrogens (tertiary/aromatic N) is 2. The molecule has 3 heteroatoms. The van der Waals surface area contributed by atoms with Crippen LogP contribution in [0.5, 0.6) is 0 Å². The zero-order chi connectivity index (χ0) is 12.0. The molecule has 0 amide bonds. The zero-order valence-corrected chi connectivity index (χ0v) is 10.9. The van der Waals surface area contributed by atoms with Gasteiger partial charge in [-0.25, -0.2) is 4.98 Å². The van der Waals surface area contributed by atoms with E-state index in [9.17, 15) is 0 Å². The summed E-state index contributed by atoms with van der Waals surface area (Å²) in [6.07, 6.45) is 9.44. The van der Waals surface area contributed by atoms with Crippen molar-refractivity contribution in [3.63, 3.8) is 0 Å². The Labute approximate surface area is 103 Å². The van der Waals surface area contributed by atoms with Gasteiger partial charge in [0.2, 0.25) is 0 Å². The fourth-order valence-electron chi connectivity index (χ4n) is 3.48. The average molecular weight is 233 g/mol. The Balaban J connectivity index is 1.93. The van der Waals surface area contributed by atoms with Gasteiger partial charge in [0.15, 0.2) is 0 Å². The number of aryl methyl sites for hydroxylation is 1. The molecule has 0 spiro atoms. The van der Waals surface area contributed by atoms with E-state index in [0.717, 1.165) is 6.42 Å². The van der Waals surface area contributed by atoms with E-state index in [1.807, 2.05) is 6.33 Å². The molecule has 2 aliphatic carbocycles. The Morgan fingerprint density at radius 3 is 2.82 bits per heavy atom. The summed E-state index contributed by atoms with van der Waals surface area (Å²) < 4.78 is 2.40. The van der Waals surface area contributed by atoms with Crippen molar-refractivity contribution in [3.05, 3.63) is 17.7 Å². The van der Waals surface area contributed by atoms with Gasteiger partial charge in [0.05, 0.1) is 18.1 Å². The van der Waals surface area contributed by atoms with Crippen molar-refractivity contribution in [2.45, 2.75) is 64.5 Å². The summed E-state index contributed by atoms with van der Waals surface area (Å²) in [6.45, 7) is 4.59. The summed E-state index contributed by atoms with van der Waals surface area (Å²) >= 11 is 0. The highest BCUT2D eigenvalue weighted by molar-refractivity contribution is 5.18. The first-order valence-electron chi connectivity index (χ1n) is 6.90. The first kappa shape index (κ1) is 11.3. The average Bonchev–Trinajstić information content (AvgIpc) is 2.83. The van der Waals surface area contributed by atoms with Crippen LogP contribution in [-0.2, 0) is 12.8 Å². The molecule has 1 aromatic heterocycles. The van der Waals surface area contributed by atoms with Crippen molar-refractivity contribution in [2.24, 2.45) is 11.1 Å². The summed E-state index contributed by atoms with van der Waals surface area (Å²) in [7, 11) is 0. The molecule has 2 unspecified atom stereocenters. The van der Waals surface area contributed by atoms with Crippen LogP contribution >= 0.6 is 0 Å². The number of imidazole rings is 1. The molecule has 0 aromatic carbocycles. The molecule has 94 valence electrons. The second kappa shape index (κ2) is 3.84. The first-order chi connectivity index (χ1) is 8.09. The minimum Gasteiger partial charge on any atom is -0.330 e. The Morgan fingerprint density at radius 1 is 1.35 bits per heavy atom. The predicted octanol–water partition coefficient (Wildman–Crippen LogP) is 2.45. The van der Waals surface area contributed by atoms with Crippen molar-refractivity contribution in [2.75, 3.05) is 0 Å². The topological polar surface area (TPSA) is 43.8 Å². The number of fused-ring (bicyclic) bond motifs is 1. The lowest BCUT2D eigenvalue weighted by Crippen LogP contribution is -2.38. The van der Waals surface area contributed by atoms with Gasteiger partial charge in [-0.2, -0.15) is 0 Å². The molecular formula is C14H23N3. The predicted molar refractivity (Wildman–Crippen MR) is 68.9 cm³/mol. The first-order valence-corrected chi connectivity index (χ1v) is 6.90. The van der Waals surface area contributed by atoms with Crippen LogP contribution in [0.25, 0.3) is 0 Å². The van der Waals surface area contributed by atoms with E-state index in [2.05, 4.69) is 23.4 Å². The molecule has 1 aromatic rings. The third kappa shape index (κ3) is 1.71. The normalized spacial score (nSPS) is 31.5. The summed E-state index contributed by atoms with van der Waals surface area (Å²) in [5.74, 6) is 0. The molecule has 1 saturated carbocycles. The number of hydrogen-bond donors (Lipinski definition) is 1. The molecule has 2 N–H and O–H groups in total. The molecule has 0 aliphatic heterocycles. The molecular weight excluding hydrogens is 210 g/mol. The fraction of sp³-hybridized carbons (Fsp3) is 0.786. The van der Waals surface area contributed by atoms with E-state index in [0.29, 0.717) is 6.04 Å². The van der Waals surface area contributed by atoms with Crippen molar-refractivity contribution < 1.29 is 0 Å². The molecule has 2 aliphatic rings. The van der Waals surface area contributed by atoms with Crippen molar-refractivity contribution in [1.29, 1.82) is 0 Å². The maximum atomic E-state index is 6.43. The van der Waals surface area contributed by atoms with Crippen LogP contribution in [-0.4, -0.2) is 15.6 Å².